The van der Waals surface area contributed by atoms with E-state index in [1.165, 1.54) is 6.42 Å². The Kier molecular flexibility index (Phi) is 1.95. The first-order chi connectivity index (χ1) is 5.73. The van der Waals surface area contributed by atoms with Crippen LogP contribution < -0.4 is 0 Å². The van der Waals surface area contributed by atoms with Gasteiger partial charge < -0.3 is 4.74 Å². The standard InChI is InChI=1S/C10H16O2/c1-8-5-7-10(12-8)6-3-2-4-9(10)11/h8H,2-7H2,1H3. The van der Waals surface area contributed by atoms with Gasteiger partial charge >= 0.3 is 0 Å². The molecule has 0 amide bonds. The molecule has 2 atom stereocenters. The summed E-state index contributed by atoms with van der Waals surface area (Å²) in [4.78, 5) is 11.6. The van der Waals surface area contributed by atoms with Crippen LogP contribution in [0.5, 0.6) is 0 Å². The van der Waals surface area contributed by atoms with Crippen LogP contribution in [0.3, 0.4) is 0 Å². The Hall–Kier alpha value is -0.370. The average Bonchev–Trinajstić information content (AvgIpc) is 2.41. The van der Waals surface area contributed by atoms with E-state index in [1.54, 1.807) is 0 Å². The van der Waals surface area contributed by atoms with Crippen molar-refractivity contribution < 1.29 is 9.53 Å². The van der Waals surface area contributed by atoms with Crippen LogP contribution in [-0.2, 0) is 9.53 Å². The first-order valence-electron chi connectivity index (χ1n) is 4.94. The molecule has 1 aliphatic heterocycles. The maximum Gasteiger partial charge on any atom is 0.164 e. The lowest BCUT2D eigenvalue weighted by molar-refractivity contribution is -0.146. The van der Waals surface area contributed by atoms with Crippen molar-refractivity contribution >= 4 is 5.78 Å². The van der Waals surface area contributed by atoms with Gasteiger partial charge in [-0.2, -0.15) is 0 Å². The number of ketones is 1. The largest absolute Gasteiger partial charge is 0.364 e. The van der Waals surface area contributed by atoms with Crippen molar-refractivity contribution in [2.45, 2.75) is 57.2 Å². The molecule has 0 aromatic heterocycles. The van der Waals surface area contributed by atoms with Crippen molar-refractivity contribution in [2.24, 2.45) is 0 Å². The van der Waals surface area contributed by atoms with Crippen LogP contribution in [0.4, 0.5) is 0 Å². The van der Waals surface area contributed by atoms with Crippen molar-refractivity contribution in [3.05, 3.63) is 0 Å². The van der Waals surface area contributed by atoms with Gasteiger partial charge in [0.2, 0.25) is 0 Å². The van der Waals surface area contributed by atoms with Gasteiger partial charge in [0.05, 0.1) is 6.10 Å². The molecule has 12 heavy (non-hydrogen) atoms. The second-order valence-corrected chi connectivity index (χ2v) is 4.09. The highest BCUT2D eigenvalue weighted by Gasteiger charge is 2.45. The lowest BCUT2D eigenvalue weighted by atomic mass is 9.82. The molecule has 2 rings (SSSR count). The van der Waals surface area contributed by atoms with Crippen LogP contribution in [0.15, 0.2) is 0 Å². The smallest absolute Gasteiger partial charge is 0.164 e. The third-order valence-electron chi connectivity index (χ3n) is 3.12. The molecular formula is C10H16O2. The predicted molar refractivity (Wildman–Crippen MR) is 46.0 cm³/mol. The van der Waals surface area contributed by atoms with Crippen LogP contribution in [0.2, 0.25) is 0 Å². The molecule has 0 radical (unpaired) electrons. The molecule has 0 N–H and O–H groups in total. The van der Waals surface area contributed by atoms with Crippen LogP contribution in [-0.4, -0.2) is 17.5 Å². The molecule has 0 aromatic carbocycles. The Bertz CT molecular complexity index is 196. The van der Waals surface area contributed by atoms with E-state index in [1.807, 2.05) is 0 Å². The molecule has 68 valence electrons. The minimum atomic E-state index is -0.336. The average molecular weight is 168 g/mol. The summed E-state index contributed by atoms with van der Waals surface area (Å²) in [5.74, 6) is 0.359. The third kappa shape index (κ3) is 1.18. The van der Waals surface area contributed by atoms with Gasteiger partial charge in [0, 0.05) is 6.42 Å². The Balaban J connectivity index is 2.13. The van der Waals surface area contributed by atoms with Gasteiger partial charge in [-0.05, 0) is 39.0 Å². The molecule has 1 heterocycles. The Morgan fingerprint density at radius 2 is 2.25 bits per heavy atom. The molecule has 2 aliphatic rings. The topological polar surface area (TPSA) is 26.3 Å². The summed E-state index contributed by atoms with van der Waals surface area (Å²) in [6.45, 7) is 2.07. The molecule has 2 unspecified atom stereocenters. The number of Topliss-reactive ketones (excluding diaryl/α,β-unsaturated/α-hetero) is 1. The summed E-state index contributed by atoms with van der Waals surface area (Å²) in [5, 5.41) is 0. The van der Waals surface area contributed by atoms with Gasteiger partial charge in [-0.1, -0.05) is 0 Å². The summed E-state index contributed by atoms with van der Waals surface area (Å²) >= 11 is 0. The van der Waals surface area contributed by atoms with Crippen LogP contribution in [0.25, 0.3) is 0 Å². The van der Waals surface area contributed by atoms with E-state index >= 15 is 0 Å². The summed E-state index contributed by atoms with van der Waals surface area (Å²) in [5.41, 5.74) is -0.336. The fraction of sp³-hybridized carbons (Fsp3) is 0.900. The fourth-order valence-electron chi connectivity index (χ4n) is 2.39. The molecule has 1 spiro atoms. The summed E-state index contributed by atoms with van der Waals surface area (Å²) in [6, 6.07) is 0. The number of carbonyl (C=O) groups is 1. The summed E-state index contributed by atoms with van der Waals surface area (Å²) in [6.07, 6.45) is 6.27. The van der Waals surface area contributed by atoms with Crippen LogP contribution >= 0.6 is 0 Å². The highest BCUT2D eigenvalue weighted by atomic mass is 16.5. The zero-order valence-corrected chi connectivity index (χ0v) is 7.64. The monoisotopic (exact) mass is 168 g/mol. The Morgan fingerprint density at radius 1 is 1.42 bits per heavy atom. The number of carbonyl (C=O) groups excluding carboxylic acids is 1. The zero-order chi connectivity index (χ0) is 8.60. The van der Waals surface area contributed by atoms with Gasteiger partial charge in [-0.25, -0.2) is 0 Å². The van der Waals surface area contributed by atoms with Crippen LogP contribution in [0.1, 0.15) is 45.4 Å². The molecule has 2 nitrogen and oxygen atoms in total. The van der Waals surface area contributed by atoms with E-state index in [4.69, 9.17) is 4.74 Å². The molecule has 1 saturated heterocycles. The van der Waals surface area contributed by atoms with E-state index in [0.717, 1.165) is 32.1 Å². The maximum absolute atomic E-state index is 11.6. The SMILES string of the molecule is CC1CCC2(CCCCC2=O)O1. The molecular weight excluding hydrogens is 152 g/mol. The van der Waals surface area contributed by atoms with Gasteiger partial charge in [0.25, 0.3) is 0 Å². The van der Waals surface area contributed by atoms with Crippen molar-refractivity contribution in [1.82, 2.24) is 0 Å². The number of ether oxygens (including phenoxy) is 1. The second-order valence-electron chi connectivity index (χ2n) is 4.09. The molecule has 2 heteroatoms. The molecule has 1 aliphatic carbocycles. The Morgan fingerprint density at radius 3 is 2.83 bits per heavy atom. The highest BCUT2D eigenvalue weighted by Crippen LogP contribution is 2.39. The van der Waals surface area contributed by atoms with Gasteiger partial charge in [0.15, 0.2) is 5.78 Å². The normalized spacial score (nSPS) is 42.4. The number of hydrogen-bond donors (Lipinski definition) is 0. The van der Waals surface area contributed by atoms with E-state index in [2.05, 4.69) is 6.92 Å². The first kappa shape index (κ1) is 8.24. The zero-order valence-electron chi connectivity index (χ0n) is 7.64. The lowest BCUT2D eigenvalue weighted by Crippen LogP contribution is -2.41. The molecule has 2 fully saturated rings. The maximum atomic E-state index is 11.6. The minimum absolute atomic E-state index is 0.298. The highest BCUT2D eigenvalue weighted by molar-refractivity contribution is 5.88. The fourth-order valence-corrected chi connectivity index (χ4v) is 2.39. The van der Waals surface area contributed by atoms with Crippen LogP contribution in [0, 0.1) is 0 Å². The van der Waals surface area contributed by atoms with Crippen molar-refractivity contribution in [3.8, 4) is 0 Å². The molecule has 0 aromatic rings. The summed E-state index contributed by atoms with van der Waals surface area (Å²) < 4.78 is 5.75. The van der Waals surface area contributed by atoms with E-state index in [-0.39, 0.29) is 5.60 Å². The van der Waals surface area contributed by atoms with E-state index in [0.29, 0.717) is 11.9 Å². The second kappa shape index (κ2) is 2.84. The van der Waals surface area contributed by atoms with Gasteiger partial charge in [0.1, 0.15) is 5.60 Å². The molecule has 1 saturated carbocycles. The lowest BCUT2D eigenvalue weighted by Gasteiger charge is -2.31. The molecule has 0 bridgehead atoms. The van der Waals surface area contributed by atoms with Crippen molar-refractivity contribution in [3.63, 3.8) is 0 Å². The minimum Gasteiger partial charge on any atom is -0.364 e. The van der Waals surface area contributed by atoms with E-state index < -0.39 is 0 Å². The predicted octanol–water partition coefficient (Wildman–Crippen LogP) is 2.07. The first-order valence-corrected chi connectivity index (χ1v) is 4.94. The van der Waals surface area contributed by atoms with Gasteiger partial charge in [-0.15, -0.1) is 0 Å². The van der Waals surface area contributed by atoms with Crippen molar-refractivity contribution in [2.75, 3.05) is 0 Å². The number of rotatable bonds is 0. The Labute approximate surface area is 73.3 Å². The quantitative estimate of drug-likeness (QED) is 0.553. The third-order valence-corrected chi connectivity index (χ3v) is 3.12. The van der Waals surface area contributed by atoms with E-state index in [9.17, 15) is 4.79 Å². The van der Waals surface area contributed by atoms with Crippen molar-refractivity contribution in [1.29, 1.82) is 0 Å². The van der Waals surface area contributed by atoms with Gasteiger partial charge in [-0.3, -0.25) is 4.79 Å². The summed E-state index contributed by atoms with van der Waals surface area (Å²) in [7, 11) is 0. The number of hydrogen-bond acceptors (Lipinski definition) is 2.